The molecule has 0 aliphatic rings. The zero-order chi connectivity index (χ0) is 16.6. The van der Waals surface area contributed by atoms with E-state index < -0.39 is 0 Å². The number of hydrogen-bond donors (Lipinski definition) is 1. The number of carbonyl (C=O) groups excluding carboxylic acids is 2. The number of hydrogen-bond acceptors (Lipinski definition) is 3. The van der Waals surface area contributed by atoms with E-state index in [1.54, 1.807) is 38.3 Å². The Morgan fingerprint density at radius 1 is 1.14 bits per heavy atom. The Morgan fingerprint density at radius 2 is 1.77 bits per heavy atom. The van der Waals surface area contributed by atoms with E-state index >= 15 is 0 Å². The summed E-state index contributed by atoms with van der Waals surface area (Å²) in [4.78, 5) is 23.0. The van der Waals surface area contributed by atoms with Crippen molar-refractivity contribution in [3.8, 4) is 5.75 Å². The van der Waals surface area contributed by atoms with E-state index in [4.69, 9.17) is 4.74 Å². The normalized spacial score (nSPS) is 11.1. The molecule has 0 atom stereocenters. The van der Waals surface area contributed by atoms with Crippen LogP contribution in [-0.4, -0.2) is 25.3 Å². The van der Waals surface area contributed by atoms with Gasteiger partial charge in [-0.3, -0.25) is 4.79 Å². The molecule has 0 saturated heterocycles. The number of ketones is 1. The van der Waals surface area contributed by atoms with Gasteiger partial charge in [0, 0.05) is 18.5 Å². The van der Waals surface area contributed by atoms with E-state index in [2.05, 4.69) is 19.2 Å². The molecule has 0 aliphatic carbocycles. The van der Waals surface area contributed by atoms with Gasteiger partial charge >= 0.3 is 0 Å². The zero-order valence-electron chi connectivity index (χ0n) is 14.1. The van der Waals surface area contributed by atoms with Crippen molar-refractivity contribution in [1.29, 1.82) is 0 Å². The lowest BCUT2D eigenvalue weighted by molar-refractivity contribution is -0.117. The second kappa shape index (κ2) is 8.57. The van der Waals surface area contributed by atoms with Gasteiger partial charge in [-0.15, -0.1) is 0 Å². The largest absolute Gasteiger partial charge is 0.497 e. The first-order chi connectivity index (χ1) is 10.3. The van der Waals surface area contributed by atoms with Crippen LogP contribution in [0.15, 0.2) is 24.3 Å². The monoisotopic (exact) mass is 305 g/mol. The summed E-state index contributed by atoms with van der Waals surface area (Å²) in [5.41, 5.74) is 0.771. The number of ether oxygens (including phenoxy) is 1. The Hall–Kier alpha value is -1.84. The fraction of sp³-hybridized carbons (Fsp3) is 0.556. The highest BCUT2D eigenvalue weighted by atomic mass is 16.5. The fourth-order valence-electron chi connectivity index (χ4n) is 2.25. The molecule has 0 heterocycles. The predicted molar refractivity (Wildman–Crippen MR) is 88.3 cm³/mol. The summed E-state index contributed by atoms with van der Waals surface area (Å²) in [6, 6.07) is 7.06. The minimum Gasteiger partial charge on any atom is -0.497 e. The second-order valence-electron chi connectivity index (χ2n) is 6.45. The molecular formula is C18H27NO3. The van der Waals surface area contributed by atoms with Gasteiger partial charge in [0.05, 0.1) is 7.11 Å². The van der Waals surface area contributed by atoms with E-state index in [1.165, 1.54) is 0 Å². The van der Waals surface area contributed by atoms with Gasteiger partial charge in [0.15, 0.2) is 0 Å². The number of methoxy groups -OCH3 is 1. The molecule has 0 bridgehead atoms. The lowest BCUT2D eigenvalue weighted by atomic mass is 9.82. The maximum Gasteiger partial charge on any atom is 0.251 e. The third kappa shape index (κ3) is 6.74. The molecule has 0 spiro atoms. The molecule has 0 aromatic heterocycles. The van der Waals surface area contributed by atoms with E-state index in [0.717, 1.165) is 25.0 Å². The third-order valence-electron chi connectivity index (χ3n) is 3.82. The standard InChI is InChI=1S/C18H27NO3/c1-14(20)10-12-18(2,3)11-5-13-19-17(21)15-6-8-16(22-4)9-7-15/h6-9H,5,10-13H2,1-4H3,(H,19,21). The summed E-state index contributed by atoms with van der Waals surface area (Å²) < 4.78 is 5.07. The summed E-state index contributed by atoms with van der Waals surface area (Å²) in [5.74, 6) is 0.911. The summed E-state index contributed by atoms with van der Waals surface area (Å²) in [6.45, 7) is 6.61. The first-order valence-corrected chi connectivity index (χ1v) is 7.76. The van der Waals surface area contributed by atoms with E-state index in [9.17, 15) is 9.59 Å². The number of Topliss-reactive ketones (excluding diaryl/α,β-unsaturated/α-hetero) is 1. The summed E-state index contributed by atoms with van der Waals surface area (Å²) in [7, 11) is 1.60. The SMILES string of the molecule is COc1ccc(C(=O)NCCCC(C)(C)CCC(C)=O)cc1. The van der Waals surface area contributed by atoms with Crippen molar-refractivity contribution in [2.24, 2.45) is 5.41 Å². The van der Waals surface area contributed by atoms with Crippen LogP contribution in [0.5, 0.6) is 5.75 Å². The molecule has 0 aliphatic heterocycles. The molecule has 1 amide bonds. The lowest BCUT2D eigenvalue weighted by Gasteiger charge is -2.24. The number of nitrogens with one attached hydrogen (secondary N) is 1. The highest BCUT2D eigenvalue weighted by Crippen LogP contribution is 2.28. The predicted octanol–water partition coefficient (Wildman–Crippen LogP) is 3.60. The van der Waals surface area contributed by atoms with Crippen molar-refractivity contribution in [1.82, 2.24) is 5.32 Å². The Morgan fingerprint density at radius 3 is 2.32 bits per heavy atom. The van der Waals surface area contributed by atoms with Crippen LogP contribution in [0.4, 0.5) is 0 Å². The van der Waals surface area contributed by atoms with Gasteiger partial charge in [0.2, 0.25) is 0 Å². The Balaban J connectivity index is 2.31. The molecule has 1 aromatic rings. The molecule has 0 fully saturated rings. The Labute approximate surface area is 133 Å². The number of amides is 1. The highest BCUT2D eigenvalue weighted by Gasteiger charge is 2.18. The molecule has 0 unspecified atom stereocenters. The minimum absolute atomic E-state index is 0.0656. The average molecular weight is 305 g/mol. The van der Waals surface area contributed by atoms with Crippen LogP contribution in [0.3, 0.4) is 0 Å². The molecule has 0 radical (unpaired) electrons. The summed E-state index contributed by atoms with van der Waals surface area (Å²) in [5, 5.41) is 2.93. The van der Waals surface area contributed by atoms with Crippen molar-refractivity contribution in [2.45, 2.75) is 46.5 Å². The van der Waals surface area contributed by atoms with Gasteiger partial charge in [-0.2, -0.15) is 0 Å². The number of carbonyl (C=O) groups is 2. The molecule has 4 nitrogen and oxygen atoms in total. The van der Waals surface area contributed by atoms with Crippen molar-refractivity contribution in [3.05, 3.63) is 29.8 Å². The molecular weight excluding hydrogens is 278 g/mol. The van der Waals surface area contributed by atoms with Gasteiger partial charge in [-0.1, -0.05) is 13.8 Å². The molecule has 1 N–H and O–H groups in total. The first kappa shape index (κ1) is 18.2. The van der Waals surface area contributed by atoms with Crippen molar-refractivity contribution < 1.29 is 14.3 Å². The topological polar surface area (TPSA) is 55.4 Å². The van der Waals surface area contributed by atoms with Crippen LogP contribution in [0.1, 0.15) is 56.8 Å². The van der Waals surface area contributed by atoms with Crippen molar-refractivity contribution >= 4 is 11.7 Å². The summed E-state index contributed by atoms with van der Waals surface area (Å²) in [6.07, 6.45) is 3.43. The van der Waals surface area contributed by atoms with E-state index in [-0.39, 0.29) is 17.1 Å². The Kier molecular flexibility index (Phi) is 7.09. The zero-order valence-corrected chi connectivity index (χ0v) is 14.1. The fourth-order valence-corrected chi connectivity index (χ4v) is 2.25. The maximum absolute atomic E-state index is 12.0. The highest BCUT2D eigenvalue weighted by molar-refractivity contribution is 5.94. The molecule has 0 saturated carbocycles. The van der Waals surface area contributed by atoms with E-state index in [0.29, 0.717) is 18.5 Å². The maximum atomic E-state index is 12.0. The van der Waals surface area contributed by atoms with Crippen LogP contribution in [0.2, 0.25) is 0 Å². The first-order valence-electron chi connectivity index (χ1n) is 7.76. The lowest BCUT2D eigenvalue weighted by Crippen LogP contribution is -2.25. The molecule has 4 heteroatoms. The minimum atomic E-state index is -0.0656. The summed E-state index contributed by atoms with van der Waals surface area (Å²) >= 11 is 0. The van der Waals surface area contributed by atoms with Gasteiger partial charge in [-0.05, 0) is 55.9 Å². The van der Waals surface area contributed by atoms with Crippen molar-refractivity contribution in [3.63, 3.8) is 0 Å². The number of rotatable bonds is 9. The molecule has 1 rings (SSSR count). The average Bonchev–Trinajstić information content (AvgIpc) is 2.49. The third-order valence-corrected chi connectivity index (χ3v) is 3.82. The molecule has 122 valence electrons. The second-order valence-corrected chi connectivity index (χ2v) is 6.45. The van der Waals surface area contributed by atoms with Crippen LogP contribution in [-0.2, 0) is 4.79 Å². The quantitative estimate of drug-likeness (QED) is 0.709. The molecule has 1 aromatic carbocycles. The Bertz CT molecular complexity index is 492. The van der Waals surface area contributed by atoms with Crippen LogP contribution in [0, 0.1) is 5.41 Å². The molecule has 22 heavy (non-hydrogen) atoms. The van der Waals surface area contributed by atoms with Crippen molar-refractivity contribution in [2.75, 3.05) is 13.7 Å². The van der Waals surface area contributed by atoms with E-state index in [1.807, 2.05) is 0 Å². The van der Waals surface area contributed by atoms with Gasteiger partial charge < -0.3 is 14.8 Å². The van der Waals surface area contributed by atoms with Gasteiger partial charge in [-0.25, -0.2) is 0 Å². The van der Waals surface area contributed by atoms with Crippen LogP contribution >= 0.6 is 0 Å². The van der Waals surface area contributed by atoms with Gasteiger partial charge in [0.1, 0.15) is 11.5 Å². The van der Waals surface area contributed by atoms with Crippen LogP contribution in [0.25, 0.3) is 0 Å². The number of benzene rings is 1. The van der Waals surface area contributed by atoms with Crippen LogP contribution < -0.4 is 10.1 Å². The smallest absolute Gasteiger partial charge is 0.251 e. The van der Waals surface area contributed by atoms with Gasteiger partial charge in [0.25, 0.3) is 5.91 Å².